The van der Waals surface area contributed by atoms with E-state index in [2.05, 4.69) is 0 Å². The highest BCUT2D eigenvalue weighted by Crippen LogP contribution is 2.19. The van der Waals surface area contributed by atoms with Gasteiger partial charge in [0.2, 0.25) is 0 Å². The van der Waals surface area contributed by atoms with Gasteiger partial charge in [0.15, 0.2) is 6.10 Å². The SMILES string of the molecule is CCCC(Oc1cc(C)cc(C)c1)C(=O)O. The summed E-state index contributed by atoms with van der Waals surface area (Å²) in [5.74, 6) is -0.264. The number of carbonyl (C=O) groups is 1. The molecule has 16 heavy (non-hydrogen) atoms. The normalized spacial score (nSPS) is 12.2. The molecule has 0 amide bonds. The number of carboxylic acids is 1. The van der Waals surface area contributed by atoms with Crippen LogP contribution in [0, 0.1) is 13.8 Å². The fourth-order valence-electron chi connectivity index (χ4n) is 1.66. The molecule has 88 valence electrons. The molecule has 1 aromatic carbocycles. The summed E-state index contributed by atoms with van der Waals surface area (Å²) in [7, 11) is 0. The van der Waals surface area contributed by atoms with Gasteiger partial charge in [-0.25, -0.2) is 4.79 Å². The monoisotopic (exact) mass is 222 g/mol. The second-order valence-electron chi connectivity index (χ2n) is 4.06. The third-order valence-electron chi connectivity index (χ3n) is 2.30. The van der Waals surface area contributed by atoms with E-state index in [1.165, 1.54) is 0 Å². The maximum absolute atomic E-state index is 10.9. The van der Waals surface area contributed by atoms with Crippen molar-refractivity contribution < 1.29 is 14.6 Å². The van der Waals surface area contributed by atoms with Crippen LogP contribution in [0.4, 0.5) is 0 Å². The minimum atomic E-state index is -0.902. The van der Waals surface area contributed by atoms with E-state index in [1.807, 2.05) is 39.0 Å². The highest BCUT2D eigenvalue weighted by atomic mass is 16.5. The van der Waals surface area contributed by atoms with Crippen LogP contribution >= 0.6 is 0 Å². The summed E-state index contributed by atoms with van der Waals surface area (Å²) >= 11 is 0. The summed E-state index contributed by atoms with van der Waals surface area (Å²) in [6.45, 7) is 5.88. The summed E-state index contributed by atoms with van der Waals surface area (Å²) in [5, 5.41) is 8.98. The van der Waals surface area contributed by atoms with Crippen molar-refractivity contribution in [1.29, 1.82) is 0 Å². The number of benzene rings is 1. The van der Waals surface area contributed by atoms with Gasteiger partial charge in [-0.3, -0.25) is 0 Å². The van der Waals surface area contributed by atoms with Crippen LogP contribution < -0.4 is 4.74 Å². The predicted molar refractivity (Wildman–Crippen MR) is 62.9 cm³/mol. The van der Waals surface area contributed by atoms with E-state index in [1.54, 1.807) is 0 Å². The third-order valence-corrected chi connectivity index (χ3v) is 2.30. The topological polar surface area (TPSA) is 46.5 Å². The molecule has 1 unspecified atom stereocenters. The standard InChI is InChI=1S/C13H18O3/c1-4-5-12(13(14)15)16-11-7-9(2)6-10(3)8-11/h6-8,12H,4-5H2,1-3H3,(H,14,15). The Kier molecular flexibility index (Phi) is 4.35. The van der Waals surface area contributed by atoms with Crippen molar-refractivity contribution in [3.05, 3.63) is 29.3 Å². The number of rotatable bonds is 5. The number of hydrogen-bond acceptors (Lipinski definition) is 2. The van der Waals surface area contributed by atoms with Gasteiger partial charge in [-0.15, -0.1) is 0 Å². The van der Waals surface area contributed by atoms with Gasteiger partial charge in [0.1, 0.15) is 5.75 Å². The zero-order valence-electron chi connectivity index (χ0n) is 9.99. The summed E-state index contributed by atoms with van der Waals surface area (Å²) < 4.78 is 5.48. The number of hydrogen-bond donors (Lipinski definition) is 1. The summed E-state index contributed by atoms with van der Waals surface area (Å²) in [4.78, 5) is 10.9. The highest BCUT2D eigenvalue weighted by Gasteiger charge is 2.18. The fourth-order valence-corrected chi connectivity index (χ4v) is 1.66. The molecular formula is C13H18O3. The average Bonchev–Trinajstić information content (AvgIpc) is 2.15. The van der Waals surface area contributed by atoms with E-state index >= 15 is 0 Å². The molecule has 0 spiro atoms. The number of carboxylic acid groups (broad SMARTS) is 1. The molecule has 3 nitrogen and oxygen atoms in total. The molecule has 0 saturated carbocycles. The van der Waals surface area contributed by atoms with Gasteiger partial charge in [-0.05, 0) is 43.5 Å². The predicted octanol–water partition coefficient (Wildman–Crippen LogP) is 2.94. The Bertz CT molecular complexity index is 351. The third kappa shape index (κ3) is 3.57. The molecule has 3 heteroatoms. The maximum Gasteiger partial charge on any atom is 0.344 e. The van der Waals surface area contributed by atoms with Gasteiger partial charge in [-0.2, -0.15) is 0 Å². The molecule has 0 saturated heterocycles. The molecule has 0 fully saturated rings. The van der Waals surface area contributed by atoms with Crippen molar-refractivity contribution in [3.8, 4) is 5.75 Å². The lowest BCUT2D eigenvalue weighted by molar-refractivity contribution is -0.145. The second-order valence-corrected chi connectivity index (χ2v) is 4.06. The minimum Gasteiger partial charge on any atom is -0.479 e. The van der Waals surface area contributed by atoms with Crippen LogP contribution in [-0.4, -0.2) is 17.2 Å². The molecule has 0 aliphatic rings. The summed E-state index contributed by atoms with van der Waals surface area (Å²) in [6, 6.07) is 5.75. The molecular weight excluding hydrogens is 204 g/mol. The Morgan fingerprint density at radius 1 is 1.31 bits per heavy atom. The molecule has 0 radical (unpaired) electrons. The lowest BCUT2D eigenvalue weighted by atomic mass is 10.1. The van der Waals surface area contributed by atoms with Crippen molar-refractivity contribution in [2.75, 3.05) is 0 Å². The molecule has 0 aromatic heterocycles. The van der Waals surface area contributed by atoms with Gasteiger partial charge in [-0.1, -0.05) is 19.4 Å². The number of ether oxygens (including phenoxy) is 1. The molecule has 1 aromatic rings. The van der Waals surface area contributed by atoms with Gasteiger partial charge < -0.3 is 9.84 Å². The van der Waals surface area contributed by atoms with Crippen LogP contribution in [0.25, 0.3) is 0 Å². The van der Waals surface area contributed by atoms with Crippen LogP contribution in [0.2, 0.25) is 0 Å². The van der Waals surface area contributed by atoms with Crippen molar-refractivity contribution in [2.24, 2.45) is 0 Å². The molecule has 1 atom stereocenters. The first-order valence-electron chi connectivity index (χ1n) is 5.50. The maximum atomic E-state index is 10.9. The average molecular weight is 222 g/mol. The van der Waals surface area contributed by atoms with E-state index < -0.39 is 12.1 Å². The molecule has 1 rings (SSSR count). The van der Waals surface area contributed by atoms with E-state index in [-0.39, 0.29) is 0 Å². The van der Waals surface area contributed by atoms with Crippen LogP contribution in [0.1, 0.15) is 30.9 Å². The molecule has 0 aliphatic heterocycles. The smallest absolute Gasteiger partial charge is 0.344 e. The Balaban J connectivity index is 2.80. The van der Waals surface area contributed by atoms with E-state index in [4.69, 9.17) is 9.84 Å². The zero-order chi connectivity index (χ0) is 12.1. The van der Waals surface area contributed by atoms with Crippen LogP contribution in [-0.2, 0) is 4.79 Å². The van der Waals surface area contributed by atoms with Crippen molar-refractivity contribution in [1.82, 2.24) is 0 Å². The Labute approximate surface area is 96.1 Å². The van der Waals surface area contributed by atoms with Gasteiger partial charge in [0.25, 0.3) is 0 Å². The Hall–Kier alpha value is -1.51. The fraction of sp³-hybridized carbons (Fsp3) is 0.462. The van der Waals surface area contributed by atoms with Crippen LogP contribution in [0.3, 0.4) is 0 Å². The van der Waals surface area contributed by atoms with E-state index in [0.29, 0.717) is 12.2 Å². The zero-order valence-corrected chi connectivity index (χ0v) is 9.99. The minimum absolute atomic E-state index is 0.530. The lowest BCUT2D eigenvalue weighted by Gasteiger charge is -2.15. The van der Waals surface area contributed by atoms with Crippen molar-refractivity contribution in [3.63, 3.8) is 0 Å². The van der Waals surface area contributed by atoms with Crippen molar-refractivity contribution >= 4 is 5.97 Å². The number of aliphatic carboxylic acids is 1. The second kappa shape index (κ2) is 5.54. The first-order chi connectivity index (χ1) is 7.52. The lowest BCUT2D eigenvalue weighted by Crippen LogP contribution is -2.26. The van der Waals surface area contributed by atoms with Gasteiger partial charge >= 0.3 is 5.97 Å². The molecule has 0 aliphatic carbocycles. The largest absolute Gasteiger partial charge is 0.479 e. The van der Waals surface area contributed by atoms with E-state index in [0.717, 1.165) is 17.5 Å². The van der Waals surface area contributed by atoms with E-state index in [9.17, 15) is 4.79 Å². The number of aryl methyl sites for hydroxylation is 2. The quantitative estimate of drug-likeness (QED) is 0.833. The first kappa shape index (κ1) is 12.6. The molecule has 1 N–H and O–H groups in total. The summed E-state index contributed by atoms with van der Waals surface area (Å²) in [5.41, 5.74) is 2.16. The Morgan fingerprint density at radius 3 is 2.31 bits per heavy atom. The van der Waals surface area contributed by atoms with Gasteiger partial charge in [0, 0.05) is 0 Å². The van der Waals surface area contributed by atoms with Crippen LogP contribution in [0.5, 0.6) is 5.75 Å². The first-order valence-corrected chi connectivity index (χ1v) is 5.50. The van der Waals surface area contributed by atoms with Crippen molar-refractivity contribution in [2.45, 2.75) is 39.7 Å². The highest BCUT2D eigenvalue weighted by molar-refractivity contribution is 5.72. The van der Waals surface area contributed by atoms with Crippen LogP contribution in [0.15, 0.2) is 18.2 Å². The van der Waals surface area contributed by atoms with Gasteiger partial charge in [0.05, 0.1) is 0 Å². The molecule has 0 heterocycles. The Morgan fingerprint density at radius 2 is 1.88 bits per heavy atom. The summed E-state index contributed by atoms with van der Waals surface area (Å²) in [6.07, 6.45) is 0.579. The molecule has 0 bridgehead atoms.